The molecule has 0 N–H and O–H groups in total. The highest BCUT2D eigenvalue weighted by Crippen LogP contribution is 2.40. The van der Waals surface area contributed by atoms with Crippen LogP contribution in [0.3, 0.4) is 0 Å². The molecule has 0 aliphatic carbocycles. The summed E-state index contributed by atoms with van der Waals surface area (Å²) in [6.07, 6.45) is 1.71. The molecule has 10 nitrogen and oxygen atoms in total. The monoisotopic (exact) mass is 583 g/mol. The molecule has 1 aliphatic heterocycles. The van der Waals surface area contributed by atoms with Crippen molar-refractivity contribution in [2.24, 2.45) is 4.99 Å². The van der Waals surface area contributed by atoms with Gasteiger partial charge in [-0.25, -0.2) is 4.99 Å². The average Bonchev–Trinajstić information content (AvgIpc) is 3.24. The van der Waals surface area contributed by atoms with Gasteiger partial charge in [0.1, 0.15) is 12.4 Å². The smallest absolute Gasteiger partial charge is 0.269 e. The van der Waals surface area contributed by atoms with Gasteiger partial charge in [0.15, 0.2) is 16.7 Å². The highest BCUT2D eigenvalue weighted by atomic mass is 35.5. The SMILES string of the molecule is COCCN1C(=O)/C(=C/c2cc(Cl)c(OCc3cccc([N+](=O)[O-])c3)c(OC)c2)SC1=Nc1ccc(OC)cc1. The second-order valence-corrected chi connectivity index (χ2v) is 9.82. The fourth-order valence-electron chi connectivity index (χ4n) is 3.77. The van der Waals surface area contributed by atoms with Crippen molar-refractivity contribution in [3.63, 3.8) is 0 Å². The Labute approximate surface area is 240 Å². The number of thioether (sulfide) groups is 1. The molecule has 3 aromatic rings. The quantitative estimate of drug-likeness (QED) is 0.151. The van der Waals surface area contributed by atoms with Crippen LogP contribution >= 0.6 is 23.4 Å². The van der Waals surface area contributed by atoms with E-state index in [4.69, 9.17) is 30.5 Å². The minimum absolute atomic E-state index is 0.0330. The van der Waals surface area contributed by atoms with Crippen molar-refractivity contribution >= 4 is 51.9 Å². The second-order valence-electron chi connectivity index (χ2n) is 8.40. The Hall–Kier alpha value is -4.06. The maximum Gasteiger partial charge on any atom is 0.269 e. The molecule has 1 heterocycles. The van der Waals surface area contributed by atoms with Gasteiger partial charge in [0.2, 0.25) is 0 Å². The summed E-state index contributed by atoms with van der Waals surface area (Å²) < 4.78 is 21.8. The molecule has 0 saturated carbocycles. The van der Waals surface area contributed by atoms with Crippen molar-refractivity contribution in [1.29, 1.82) is 0 Å². The van der Waals surface area contributed by atoms with E-state index in [2.05, 4.69) is 4.99 Å². The molecule has 0 unspecified atom stereocenters. The molecule has 1 amide bonds. The van der Waals surface area contributed by atoms with Gasteiger partial charge in [-0.1, -0.05) is 23.7 Å². The van der Waals surface area contributed by atoms with E-state index in [0.717, 1.165) is 0 Å². The van der Waals surface area contributed by atoms with Gasteiger partial charge < -0.3 is 18.9 Å². The fraction of sp³-hybridized carbons (Fsp3) is 0.214. The Balaban J connectivity index is 1.59. The number of carbonyl (C=O) groups excluding carboxylic acids is 1. The zero-order valence-corrected chi connectivity index (χ0v) is 23.5. The molecular weight excluding hydrogens is 558 g/mol. The fourth-order valence-corrected chi connectivity index (χ4v) is 5.07. The number of nitrogens with zero attached hydrogens (tertiary/aromatic N) is 3. The normalized spacial score (nSPS) is 15.1. The Morgan fingerprint density at radius 3 is 2.52 bits per heavy atom. The van der Waals surface area contributed by atoms with E-state index in [0.29, 0.717) is 51.5 Å². The topological polar surface area (TPSA) is 113 Å². The number of methoxy groups -OCH3 is 3. The van der Waals surface area contributed by atoms with E-state index in [1.165, 1.54) is 31.0 Å². The third-order valence-electron chi connectivity index (χ3n) is 5.76. The van der Waals surface area contributed by atoms with E-state index in [9.17, 15) is 14.9 Å². The lowest BCUT2D eigenvalue weighted by Gasteiger charge is -2.15. The standard InChI is InChI=1S/C28H26ClN3O7S/c1-36-12-11-31-27(33)25(40-28(31)30-20-7-9-22(37-2)10-8-20)16-19-14-23(29)26(24(15-19)38-3)39-17-18-5-4-6-21(13-18)32(34)35/h4-10,13-16H,11-12,17H2,1-3H3/b25-16-,30-28?. The number of nitro groups is 1. The van der Waals surface area contributed by atoms with E-state index in [-0.39, 0.29) is 29.0 Å². The van der Waals surface area contributed by atoms with Gasteiger partial charge in [-0.05, 0) is 65.4 Å². The maximum atomic E-state index is 13.3. The van der Waals surface area contributed by atoms with Crippen LogP contribution in [0.4, 0.5) is 11.4 Å². The van der Waals surface area contributed by atoms with Crippen molar-refractivity contribution in [2.75, 3.05) is 34.5 Å². The predicted molar refractivity (Wildman–Crippen MR) is 155 cm³/mol. The summed E-state index contributed by atoms with van der Waals surface area (Å²) >= 11 is 7.79. The van der Waals surface area contributed by atoms with E-state index >= 15 is 0 Å². The molecule has 1 aliphatic rings. The number of aliphatic imine (C=N–C) groups is 1. The number of non-ortho nitro benzene ring substituents is 1. The Kier molecular flexibility index (Phi) is 9.65. The van der Waals surface area contributed by atoms with E-state index in [1.54, 1.807) is 61.6 Å². The van der Waals surface area contributed by atoms with Gasteiger partial charge in [-0.3, -0.25) is 19.8 Å². The first kappa shape index (κ1) is 28.9. The largest absolute Gasteiger partial charge is 0.497 e. The number of halogens is 1. The summed E-state index contributed by atoms with van der Waals surface area (Å²) in [7, 11) is 4.64. The minimum atomic E-state index is -0.467. The average molecular weight is 584 g/mol. The van der Waals surface area contributed by atoms with Crippen LogP contribution in [-0.2, 0) is 16.1 Å². The third kappa shape index (κ3) is 6.92. The summed E-state index contributed by atoms with van der Waals surface area (Å²) in [5, 5.41) is 11.8. The molecule has 0 atom stereocenters. The summed E-state index contributed by atoms with van der Waals surface area (Å²) in [5.74, 6) is 1.13. The summed E-state index contributed by atoms with van der Waals surface area (Å²) in [6, 6.07) is 16.7. The van der Waals surface area contributed by atoms with Crippen molar-refractivity contribution < 1.29 is 28.7 Å². The van der Waals surface area contributed by atoms with Crippen molar-refractivity contribution in [3.8, 4) is 17.2 Å². The summed E-state index contributed by atoms with van der Waals surface area (Å²) in [6.45, 7) is 0.729. The third-order valence-corrected chi connectivity index (χ3v) is 7.05. The van der Waals surface area contributed by atoms with Crippen LogP contribution in [0.1, 0.15) is 11.1 Å². The van der Waals surface area contributed by atoms with Gasteiger partial charge in [0, 0.05) is 19.2 Å². The van der Waals surface area contributed by atoms with E-state index in [1.807, 2.05) is 12.1 Å². The van der Waals surface area contributed by atoms with Crippen molar-refractivity contribution in [2.45, 2.75) is 6.61 Å². The van der Waals surface area contributed by atoms with Gasteiger partial charge in [0.25, 0.3) is 11.6 Å². The van der Waals surface area contributed by atoms with Gasteiger partial charge >= 0.3 is 0 Å². The summed E-state index contributed by atoms with van der Waals surface area (Å²) in [4.78, 5) is 30.6. The predicted octanol–water partition coefficient (Wildman–Crippen LogP) is 6.09. The number of carbonyl (C=O) groups is 1. The highest BCUT2D eigenvalue weighted by molar-refractivity contribution is 8.18. The maximum absolute atomic E-state index is 13.3. The van der Waals surface area contributed by atoms with Crippen LogP contribution in [0, 0.1) is 10.1 Å². The van der Waals surface area contributed by atoms with Crippen LogP contribution in [0.15, 0.2) is 70.6 Å². The zero-order chi connectivity index (χ0) is 28.6. The van der Waals surface area contributed by atoms with Crippen LogP contribution in [0.25, 0.3) is 6.08 Å². The molecule has 0 spiro atoms. The molecular formula is C28H26ClN3O7S. The van der Waals surface area contributed by atoms with E-state index < -0.39 is 4.92 Å². The molecule has 4 rings (SSSR count). The number of amides is 1. The molecule has 208 valence electrons. The molecule has 40 heavy (non-hydrogen) atoms. The lowest BCUT2D eigenvalue weighted by Crippen LogP contribution is -2.32. The van der Waals surface area contributed by atoms with Gasteiger partial charge in [-0.2, -0.15) is 0 Å². The zero-order valence-electron chi connectivity index (χ0n) is 22.0. The van der Waals surface area contributed by atoms with Gasteiger partial charge in [0.05, 0.1) is 47.9 Å². The Morgan fingerprint density at radius 2 is 1.85 bits per heavy atom. The molecule has 0 radical (unpaired) electrons. The second kappa shape index (κ2) is 13.3. The molecule has 3 aromatic carbocycles. The Morgan fingerprint density at radius 1 is 1.07 bits per heavy atom. The molecule has 1 fully saturated rings. The van der Waals surface area contributed by atoms with Crippen LogP contribution in [0.5, 0.6) is 17.2 Å². The van der Waals surface area contributed by atoms with Crippen LogP contribution in [-0.4, -0.2) is 55.4 Å². The molecule has 0 bridgehead atoms. The first-order valence-corrected chi connectivity index (χ1v) is 13.2. The lowest BCUT2D eigenvalue weighted by atomic mass is 10.1. The molecule has 12 heteroatoms. The number of amidine groups is 1. The van der Waals surface area contributed by atoms with Crippen LogP contribution < -0.4 is 14.2 Å². The lowest BCUT2D eigenvalue weighted by molar-refractivity contribution is -0.384. The first-order valence-electron chi connectivity index (χ1n) is 12.0. The van der Waals surface area contributed by atoms with Crippen LogP contribution in [0.2, 0.25) is 5.02 Å². The number of rotatable bonds is 11. The van der Waals surface area contributed by atoms with Crippen molar-refractivity contribution in [3.05, 3.63) is 91.8 Å². The molecule has 1 saturated heterocycles. The van der Waals surface area contributed by atoms with Crippen molar-refractivity contribution in [1.82, 2.24) is 4.90 Å². The Bertz CT molecular complexity index is 1460. The van der Waals surface area contributed by atoms with Gasteiger partial charge in [-0.15, -0.1) is 0 Å². The number of hydrogen-bond acceptors (Lipinski definition) is 9. The molecule has 0 aromatic heterocycles. The number of hydrogen-bond donors (Lipinski definition) is 0. The minimum Gasteiger partial charge on any atom is -0.497 e. The first-order chi connectivity index (χ1) is 19.3. The number of benzene rings is 3. The number of nitro benzene ring substituents is 1. The summed E-state index contributed by atoms with van der Waals surface area (Å²) in [5.41, 5.74) is 1.87. The number of ether oxygens (including phenoxy) is 4. The highest BCUT2D eigenvalue weighted by Gasteiger charge is 2.33.